The first-order valence-electron chi connectivity index (χ1n) is 11.6. The van der Waals surface area contributed by atoms with Crippen LogP contribution >= 0.6 is 0 Å². The predicted octanol–water partition coefficient (Wildman–Crippen LogP) is 6.04. The van der Waals surface area contributed by atoms with Gasteiger partial charge in [0.05, 0.1) is 38.0 Å². The van der Waals surface area contributed by atoms with Gasteiger partial charge >= 0.3 is 0 Å². The highest BCUT2D eigenvalue weighted by atomic mass is 16.7. The van der Waals surface area contributed by atoms with Gasteiger partial charge in [0.15, 0.2) is 0 Å². The molecule has 4 aromatic carbocycles. The van der Waals surface area contributed by atoms with Gasteiger partial charge in [0, 0.05) is 11.1 Å². The summed E-state index contributed by atoms with van der Waals surface area (Å²) in [7, 11) is 0. The Morgan fingerprint density at radius 1 is 0.543 bits per heavy atom. The molecule has 1 aliphatic heterocycles. The summed E-state index contributed by atoms with van der Waals surface area (Å²) in [5.41, 5.74) is 4.11. The molecule has 35 heavy (non-hydrogen) atoms. The second-order valence-electron chi connectivity index (χ2n) is 8.48. The van der Waals surface area contributed by atoms with Gasteiger partial charge in [0.2, 0.25) is 18.9 Å². The van der Waals surface area contributed by atoms with Gasteiger partial charge in [-0.1, -0.05) is 84.9 Å². The highest BCUT2D eigenvalue weighted by molar-refractivity contribution is 5.40. The zero-order chi connectivity index (χ0) is 24.0. The summed E-state index contributed by atoms with van der Waals surface area (Å²) in [5.74, 6) is 1.47. The molecular weight excluding hydrogens is 432 g/mol. The Bertz CT molecular complexity index is 1220. The molecule has 4 aromatic rings. The summed E-state index contributed by atoms with van der Waals surface area (Å²) in [6, 6.07) is 36.4. The van der Waals surface area contributed by atoms with Crippen molar-refractivity contribution in [3.05, 3.63) is 145 Å². The number of rotatable bonds is 2. The minimum atomic E-state index is -0.144. The van der Waals surface area contributed by atoms with Gasteiger partial charge in [-0.05, 0) is 11.1 Å². The minimum Gasteiger partial charge on any atom is -0.504 e. The van der Waals surface area contributed by atoms with E-state index in [0.717, 1.165) is 33.8 Å². The van der Waals surface area contributed by atoms with Crippen molar-refractivity contribution in [2.24, 2.45) is 0 Å². The van der Waals surface area contributed by atoms with Gasteiger partial charge < -0.3 is 9.47 Å². The molecule has 0 aromatic heterocycles. The third-order valence-electron chi connectivity index (χ3n) is 6.17. The minimum absolute atomic E-state index is 0.0915. The Morgan fingerprint density at radius 2 is 0.914 bits per heavy atom. The molecule has 0 spiro atoms. The summed E-state index contributed by atoms with van der Waals surface area (Å²) in [5, 5.41) is 0. The van der Waals surface area contributed by atoms with Gasteiger partial charge in [0.1, 0.15) is 0 Å². The molecule has 0 bridgehead atoms. The summed E-state index contributed by atoms with van der Waals surface area (Å²) < 4.78 is 16.1. The lowest BCUT2D eigenvalue weighted by Gasteiger charge is -2.27. The van der Waals surface area contributed by atoms with Crippen LogP contribution in [0.15, 0.2) is 109 Å². The fraction of sp³-hybridized carbons (Fsp3) is 0.0968. The number of ether oxygens (including phenoxy) is 2. The second-order valence-corrected chi connectivity index (χ2v) is 8.48. The van der Waals surface area contributed by atoms with Crippen LogP contribution < -0.4 is 9.47 Å². The van der Waals surface area contributed by atoms with Crippen molar-refractivity contribution in [3.8, 4) is 11.5 Å². The largest absolute Gasteiger partial charge is 0.504 e. The normalized spacial score (nSPS) is 18.1. The average molecular weight is 461 g/mol. The summed E-state index contributed by atoms with van der Waals surface area (Å²) in [4.78, 5) is 0. The van der Waals surface area contributed by atoms with Crippen LogP contribution in [-0.4, -0.2) is 29.4 Å². The Kier molecular flexibility index (Phi) is 6.53. The molecule has 174 valence electrons. The highest BCUT2D eigenvalue weighted by Crippen LogP contribution is 2.38. The maximum absolute atomic E-state index is 6.03. The lowest BCUT2D eigenvalue weighted by Crippen LogP contribution is -2.30. The number of para-hydroxylation sites is 2. The molecular formula is C31H28N2O2. The first kappa shape index (κ1) is 22.4. The molecule has 1 heterocycles. The monoisotopic (exact) mass is 460 g/mol. The zero-order valence-electron chi connectivity index (χ0n) is 19.5. The molecule has 0 aliphatic carbocycles. The van der Waals surface area contributed by atoms with Crippen molar-refractivity contribution >= 4 is 13.4 Å². The second kappa shape index (κ2) is 10.2. The Labute approximate surface area is 207 Å². The Morgan fingerprint density at radius 3 is 1.34 bits per heavy atom. The van der Waals surface area contributed by atoms with E-state index >= 15 is 0 Å². The van der Waals surface area contributed by atoms with E-state index in [1.165, 1.54) is 0 Å². The van der Waals surface area contributed by atoms with Crippen LogP contribution in [0.2, 0.25) is 0 Å². The summed E-state index contributed by atoms with van der Waals surface area (Å²) in [6.45, 7) is 13.1. The summed E-state index contributed by atoms with van der Waals surface area (Å²) >= 11 is 0. The molecule has 4 nitrogen and oxygen atoms in total. The van der Waals surface area contributed by atoms with E-state index in [-0.39, 0.29) is 18.9 Å². The van der Waals surface area contributed by atoms with Gasteiger partial charge in [-0.25, -0.2) is 0 Å². The van der Waals surface area contributed by atoms with Crippen LogP contribution in [0.1, 0.15) is 34.3 Å². The first-order chi connectivity index (χ1) is 17.2. The number of benzene rings is 4. The van der Waals surface area contributed by atoms with E-state index in [1.54, 1.807) is 0 Å². The van der Waals surface area contributed by atoms with Crippen molar-refractivity contribution in [2.75, 3.05) is 6.79 Å². The number of hydrogen-bond donors (Lipinski definition) is 0. The van der Waals surface area contributed by atoms with Crippen molar-refractivity contribution in [1.29, 1.82) is 0 Å². The van der Waals surface area contributed by atoms with E-state index in [9.17, 15) is 0 Å². The standard InChI is InChI=1S/C31H28N2O2/c1-32-21-26-17-9-11-19-28(26)34-23-35-29-20-12-10-18-27(29)22-33(2)31(25-15-7-4-8-16-25)30(32)24-13-5-3-6-14-24/h3-22,30-31H,1-2,23H2. The number of fused-ring (bicyclic) bond motifs is 2. The van der Waals surface area contributed by atoms with E-state index in [4.69, 9.17) is 9.47 Å². The lowest BCUT2D eigenvalue weighted by molar-refractivity contribution is -0.621. The number of nitrogens with zero attached hydrogens (tertiary/aromatic N) is 2. The Hall–Kier alpha value is -4.44. The summed E-state index contributed by atoms with van der Waals surface area (Å²) in [6.07, 6.45) is 0. The predicted molar refractivity (Wildman–Crippen MR) is 139 cm³/mol. The van der Waals surface area contributed by atoms with Crippen molar-refractivity contribution < 1.29 is 18.6 Å². The van der Waals surface area contributed by atoms with Gasteiger partial charge in [-0.3, -0.25) is 9.15 Å². The van der Waals surface area contributed by atoms with Crippen LogP contribution in [0.3, 0.4) is 0 Å². The molecule has 0 N–H and O–H groups in total. The highest BCUT2D eigenvalue weighted by Gasteiger charge is 2.38. The van der Waals surface area contributed by atoms with Gasteiger partial charge in [0.25, 0.3) is 0 Å². The van der Waals surface area contributed by atoms with Crippen molar-refractivity contribution in [2.45, 2.75) is 12.1 Å². The maximum Gasteiger partial charge on any atom is 0.231 e. The fourth-order valence-corrected chi connectivity index (χ4v) is 4.52. The Balaban J connectivity index is 1.68. The average Bonchev–Trinajstić information content (AvgIpc) is 2.90. The van der Waals surface area contributed by atoms with Crippen molar-refractivity contribution in [1.82, 2.24) is 0 Å². The van der Waals surface area contributed by atoms with E-state index in [0.29, 0.717) is 0 Å². The van der Waals surface area contributed by atoms with E-state index in [1.807, 2.05) is 82.9 Å². The van der Waals surface area contributed by atoms with E-state index in [2.05, 4.69) is 62.0 Å². The zero-order valence-corrected chi connectivity index (χ0v) is 19.5. The molecule has 0 amide bonds. The molecule has 0 saturated heterocycles. The molecule has 4 heteroatoms. The van der Waals surface area contributed by atoms with Crippen molar-refractivity contribution in [3.63, 3.8) is 0 Å². The quantitative estimate of drug-likeness (QED) is 0.269. The number of hydrogen-bond acceptors (Lipinski definition) is 2. The third kappa shape index (κ3) is 4.92. The lowest BCUT2D eigenvalue weighted by atomic mass is 9.91. The maximum atomic E-state index is 6.03. The van der Waals surface area contributed by atoms with E-state index < -0.39 is 0 Å². The van der Waals surface area contributed by atoms with Crippen LogP contribution in [-0.2, 0) is 0 Å². The molecule has 0 fully saturated rings. The van der Waals surface area contributed by atoms with Crippen LogP contribution in [0.5, 0.6) is 11.5 Å². The van der Waals surface area contributed by atoms with Crippen LogP contribution in [0.4, 0.5) is 0 Å². The third-order valence-corrected chi connectivity index (χ3v) is 6.17. The molecule has 1 aliphatic rings. The molecule has 0 radical (unpaired) electrons. The van der Waals surface area contributed by atoms with Gasteiger partial charge in [-0.2, -0.15) is 0 Å². The molecule has 2 atom stereocenters. The van der Waals surface area contributed by atoms with Gasteiger partial charge in [-0.15, -0.1) is 24.3 Å². The first-order valence-corrected chi connectivity index (χ1v) is 11.6. The molecule has 2 unspecified atom stereocenters. The molecule has 0 saturated carbocycles. The molecule has 5 rings (SSSR count). The fourth-order valence-electron chi connectivity index (χ4n) is 4.52. The van der Waals surface area contributed by atoms with Crippen LogP contribution in [0.25, 0.3) is 0 Å². The SMILES string of the molecule is C=[N+]1[CH-]c2ccccc2OCOc2ccccc2[CH-][N+](=C)C(c2ccccc2)C1c1ccccc1. The topological polar surface area (TPSA) is 24.5 Å². The van der Waals surface area contributed by atoms with Crippen LogP contribution in [0, 0.1) is 13.1 Å². The smallest absolute Gasteiger partial charge is 0.231 e.